The van der Waals surface area contributed by atoms with Gasteiger partial charge in [0.1, 0.15) is 6.33 Å². The second kappa shape index (κ2) is 6.00. The van der Waals surface area contributed by atoms with Crippen LogP contribution in [0.5, 0.6) is 0 Å². The lowest BCUT2D eigenvalue weighted by molar-refractivity contribution is 0.0945. The van der Waals surface area contributed by atoms with Crippen LogP contribution in [0.2, 0.25) is 0 Å². The Balaban J connectivity index is 1.75. The van der Waals surface area contributed by atoms with E-state index in [9.17, 15) is 4.79 Å². The van der Waals surface area contributed by atoms with Gasteiger partial charge in [0.15, 0.2) is 17.3 Å². The topological polar surface area (TPSA) is 112 Å². The quantitative estimate of drug-likeness (QED) is 0.727. The molecule has 2 heterocycles. The van der Waals surface area contributed by atoms with Crippen molar-refractivity contribution >= 4 is 11.7 Å². The van der Waals surface area contributed by atoms with Crippen LogP contribution in [0.3, 0.4) is 0 Å². The van der Waals surface area contributed by atoms with E-state index in [1.54, 1.807) is 10.9 Å². The third kappa shape index (κ3) is 2.75. The third-order valence-electron chi connectivity index (χ3n) is 3.00. The van der Waals surface area contributed by atoms with Gasteiger partial charge >= 0.3 is 0 Å². The van der Waals surface area contributed by atoms with E-state index in [2.05, 4.69) is 25.5 Å². The van der Waals surface area contributed by atoms with E-state index >= 15 is 0 Å². The number of hydrogen-bond acceptors (Lipinski definition) is 6. The number of nitrogen functional groups attached to an aromatic ring is 1. The molecule has 0 saturated heterocycles. The maximum absolute atomic E-state index is 12.1. The number of benzene rings is 1. The summed E-state index contributed by atoms with van der Waals surface area (Å²) in [4.78, 5) is 19.8. The van der Waals surface area contributed by atoms with E-state index in [4.69, 9.17) is 5.73 Å². The molecule has 0 fully saturated rings. The van der Waals surface area contributed by atoms with E-state index in [-0.39, 0.29) is 18.1 Å². The Morgan fingerprint density at radius 3 is 2.73 bits per heavy atom. The lowest BCUT2D eigenvalue weighted by Crippen LogP contribution is -2.26. The molecule has 1 amide bonds. The number of carbonyl (C=O) groups is 1. The number of anilines is 1. The number of rotatable bonds is 4. The summed E-state index contributed by atoms with van der Waals surface area (Å²) in [5, 5.41) is 10.6. The van der Waals surface area contributed by atoms with Crippen molar-refractivity contribution < 1.29 is 4.79 Å². The molecule has 0 saturated carbocycles. The van der Waals surface area contributed by atoms with Crippen molar-refractivity contribution in [1.82, 2.24) is 30.0 Å². The first kappa shape index (κ1) is 13.7. The summed E-state index contributed by atoms with van der Waals surface area (Å²) in [5.74, 6) is 0.278. The van der Waals surface area contributed by atoms with Gasteiger partial charge in [0.25, 0.3) is 5.91 Å². The summed E-state index contributed by atoms with van der Waals surface area (Å²) in [6.45, 7) is 0.198. The molecule has 110 valence electrons. The number of carbonyl (C=O) groups excluding carboxylic acids is 1. The summed E-state index contributed by atoms with van der Waals surface area (Å²) in [7, 11) is 0. The molecular weight excluding hydrogens is 282 g/mol. The smallest absolute Gasteiger partial charge is 0.274 e. The number of nitrogens with one attached hydrogen (secondary N) is 1. The van der Waals surface area contributed by atoms with Crippen LogP contribution < -0.4 is 11.1 Å². The highest BCUT2D eigenvalue weighted by Crippen LogP contribution is 2.09. The SMILES string of the molecule is Nc1nccnc1C(=O)NCc1nncn1-c1ccccc1. The second-order valence-electron chi connectivity index (χ2n) is 4.43. The molecule has 0 spiro atoms. The predicted octanol–water partition coefficient (Wildman–Crippen LogP) is 0.569. The monoisotopic (exact) mass is 295 g/mol. The third-order valence-corrected chi connectivity index (χ3v) is 3.00. The van der Waals surface area contributed by atoms with E-state index < -0.39 is 5.91 Å². The van der Waals surface area contributed by atoms with Gasteiger partial charge in [-0.1, -0.05) is 18.2 Å². The number of nitrogens with two attached hydrogens (primary N) is 1. The molecule has 0 aliphatic heterocycles. The minimum atomic E-state index is -0.409. The molecule has 1 aromatic carbocycles. The molecule has 8 heteroatoms. The zero-order valence-electron chi connectivity index (χ0n) is 11.5. The van der Waals surface area contributed by atoms with Gasteiger partial charge in [0, 0.05) is 18.1 Å². The number of para-hydroxylation sites is 1. The zero-order chi connectivity index (χ0) is 15.4. The minimum Gasteiger partial charge on any atom is -0.382 e. The molecule has 0 aliphatic carbocycles. The van der Waals surface area contributed by atoms with Crippen molar-refractivity contribution in [3.8, 4) is 5.69 Å². The standard InChI is InChI=1S/C14H13N7O/c15-13-12(16-6-7-17-13)14(22)18-8-11-20-19-9-21(11)10-4-2-1-3-5-10/h1-7,9H,8H2,(H2,15,17)(H,18,22). The maximum Gasteiger partial charge on any atom is 0.274 e. The number of amides is 1. The molecule has 3 aromatic rings. The van der Waals surface area contributed by atoms with Crippen molar-refractivity contribution in [2.45, 2.75) is 6.54 Å². The van der Waals surface area contributed by atoms with Crippen LogP contribution in [0.4, 0.5) is 5.82 Å². The van der Waals surface area contributed by atoms with Crippen LogP contribution in [0, 0.1) is 0 Å². The normalized spacial score (nSPS) is 10.4. The highest BCUT2D eigenvalue weighted by molar-refractivity contribution is 5.96. The molecule has 0 radical (unpaired) electrons. The van der Waals surface area contributed by atoms with Gasteiger partial charge in [0.2, 0.25) is 0 Å². The summed E-state index contributed by atoms with van der Waals surface area (Å²) in [6.07, 6.45) is 4.43. The summed E-state index contributed by atoms with van der Waals surface area (Å²) < 4.78 is 1.79. The first-order valence-electron chi connectivity index (χ1n) is 6.54. The summed E-state index contributed by atoms with van der Waals surface area (Å²) >= 11 is 0. The van der Waals surface area contributed by atoms with Crippen molar-refractivity contribution in [1.29, 1.82) is 0 Å². The van der Waals surface area contributed by atoms with Crippen LogP contribution >= 0.6 is 0 Å². The van der Waals surface area contributed by atoms with E-state index in [1.165, 1.54) is 12.4 Å². The number of hydrogen-bond donors (Lipinski definition) is 2. The highest BCUT2D eigenvalue weighted by Gasteiger charge is 2.13. The second-order valence-corrected chi connectivity index (χ2v) is 4.43. The molecular formula is C14H13N7O. The molecule has 3 N–H and O–H groups in total. The molecule has 8 nitrogen and oxygen atoms in total. The van der Waals surface area contributed by atoms with Crippen LogP contribution in [0.1, 0.15) is 16.3 Å². The van der Waals surface area contributed by atoms with Gasteiger partial charge in [0.05, 0.1) is 6.54 Å². The number of aromatic nitrogens is 5. The van der Waals surface area contributed by atoms with Crippen LogP contribution in [-0.2, 0) is 6.54 Å². The summed E-state index contributed by atoms with van der Waals surface area (Å²) in [6, 6.07) is 9.60. The van der Waals surface area contributed by atoms with E-state index in [1.807, 2.05) is 30.3 Å². The van der Waals surface area contributed by atoms with Gasteiger partial charge in [-0.3, -0.25) is 9.36 Å². The summed E-state index contributed by atoms with van der Waals surface area (Å²) in [5.41, 5.74) is 6.63. The molecule has 0 bridgehead atoms. The van der Waals surface area contributed by atoms with Gasteiger partial charge in [-0.2, -0.15) is 0 Å². The first-order chi connectivity index (χ1) is 10.8. The Kier molecular flexibility index (Phi) is 3.73. The van der Waals surface area contributed by atoms with Gasteiger partial charge in [-0.25, -0.2) is 9.97 Å². The fraction of sp³-hybridized carbons (Fsp3) is 0.0714. The first-order valence-corrected chi connectivity index (χ1v) is 6.54. The predicted molar refractivity (Wildman–Crippen MR) is 79.0 cm³/mol. The molecule has 22 heavy (non-hydrogen) atoms. The molecule has 2 aromatic heterocycles. The lowest BCUT2D eigenvalue weighted by Gasteiger charge is -2.08. The van der Waals surface area contributed by atoms with Crippen molar-refractivity contribution in [3.63, 3.8) is 0 Å². The average Bonchev–Trinajstić information content (AvgIpc) is 3.02. The Morgan fingerprint density at radius 2 is 1.95 bits per heavy atom. The van der Waals surface area contributed by atoms with E-state index in [0.29, 0.717) is 5.82 Å². The van der Waals surface area contributed by atoms with Gasteiger partial charge in [-0.15, -0.1) is 10.2 Å². The van der Waals surface area contributed by atoms with Crippen LogP contribution in [0.25, 0.3) is 5.69 Å². The molecule has 0 unspecified atom stereocenters. The molecule has 0 aliphatic rings. The molecule has 0 atom stereocenters. The average molecular weight is 295 g/mol. The Hall–Kier alpha value is -3.29. The zero-order valence-corrected chi connectivity index (χ0v) is 11.5. The highest BCUT2D eigenvalue weighted by atomic mass is 16.1. The van der Waals surface area contributed by atoms with Gasteiger partial charge < -0.3 is 11.1 Å². The van der Waals surface area contributed by atoms with Crippen molar-refractivity contribution in [2.75, 3.05) is 5.73 Å². The largest absolute Gasteiger partial charge is 0.382 e. The number of nitrogens with zero attached hydrogens (tertiary/aromatic N) is 5. The fourth-order valence-corrected chi connectivity index (χ4v) is 1.95. The van der Waals surface area contributed by atoms with E-state index in [0.717, 1.165) is 5.69 Å². The maximum atomic E-state index is 12.1. The Labute approximate surface area is 126 Å². The van der Waals surface area contributed by atoms with Crippen molar-refractivity contribution in [3.05, 3.63) is 60.6 Å². The lowest BCUT2D eigenvalue weighted by atomic mass is 10.3. The van der Waals surface area contributed by atoms with Crippen molar-refractivity contribution in [2.24, 2.45) is 0 Å². The molecule has 3 rings (SSSR count). The Morgan fingerprint density at radius 1 is 1.18 bits per heavy atom. The van der Waals surface area contributed by atoms with Gasteiger partial charge in [-0.05, 0) is 12.1 Å². The van der Waals surface area contributed by atoms with Crippen LogP contribution in [-0.4, -0.2) is 30.6 Å². The minimum absolute atomic E-state index is 0.0875. The Bertz CT molecular complexity index is 785. The fourth-order valence-electron chi connectivity index (χ4n) is 1.95. The van der Waals surface area contributed by atoms with Crippen LogP contribution in [0.15, 0.2) is 49.1 Å².